The molecule has 2 N–H and O–H groups in total. The molecule has 1 aromatic carbocycles. The number of likely N-dealkylation sites (N-methyl/N-ethyl adjacent to an activating group) is 1. The van der Waals surface area contributed by atoms with E-state index in [2.05, 4.69) is 15.5 Å². The first kappa shape index (κ1) is 27.9. The minimum absolute atomic E-state index is 0.00422. The maximum atomic E-state index is 13.9. The minimum atomic E-state index is -4.67. The molecule has 3 aliphatic rings. The van der Waals surface area contributed by atoms with Crippen molar-refractivity contribution >= 4 is 17.8 Å². The van der Waals surface area contributed by atoms with Crippen molar-refractivity contribution in [1.29, 1.82) is 0 Å². The van der Waals surface area contributed by atoms with Crippen molar-refractivity contribution < 1.29 is 27.6 Å². The molecule has 4 amide bonds. The molecule has 8 nitrogen and oxygen atoms in total. The van der Waals surface area contributed by atoms with Crippen LogP contribution in [0, 0.1) is 5.92 Å². The number of hydrogen-bond donors (Lipinski definition) is 2. The van der Waals surface area contributed by atoms with E-state index >= 15 is 0 Å². The molecule has 2 unspecified atom stereocenters. The third kappa shape index (κ3) is 5.52. The number of hydrogen-bond acceptors (Lipinski definition) is 4. The molecular formula is C27H36F3N5O3. The van der Waals surface area contributed by atoms with Crippen LogP contribution in [0.4, 0.5) is 18.0 Å². The highest BCUT2D eigenvalue weighted by molar-refractivity contribution is 6.03. The van der Waals surface area contributed by atoms with Gasteiger partial charge in [0.1, 0.15) is 6.04 Å². The number of carbonyl (C=O) groups excluding carboxylic acids is 3. The fraction of sp³-hybridized carbons (Fsp3) is 0.593. The molecule has 0 radical (unpaired) electrons. The van der Waals surface area contributed by atoms with Gasteiger partial charge >= 0.3 is 12.2 Å². The van der Waals surface area contributed by atoms with Crippen LogP contribution in [-0.2, 0) is 15.8 Å². The fourth-order valence-corrected chi connectivity index (χ4v) is 5.61. The third-order valence-electron chi connectivity index (χ3n) is 7.58. The van der Waals surface area contributed by atoms with Crippen LogP contribution >= 0.6 is 0 Å². The Balaban J connectivity index is 1.68. The molecular weight excluding hydrogens is 499 g/mol. The number of nitrogens with one attached hydrogen (secondary N) is 2. The Bertz CT molecular complexity index is 1110. The summed E-state index contributed by atoms with van der Waals surface area (Å²) >= 11 is 0. The molecule has 1 fully saturated rings. The molecule has 4 rings (SSSR count). The van der Waals surface area contributed by atoms with Crippen molar-refractivity contribution in [2.45, 2.75) is 64.3 Å². The number of likely N-dealkylation sites (tertiary alicyclic amines) is 1. The van der Waals surface area contributed by atoms with Crippen LogP contribution in [0.5, 0.6) is 0 Å². The predicted octanol–water partition coefficient (Wildman–Crippen LogP) is 3.51. The minimum Gasteiger partial charge on any atom is -0.351 e. The first-order valence-corrected chi connectivity index (χ1v) is 13.2. The second-order valence-electron chi connectivity index (χ2n) is 10.7. The summed E-state index contributed by atoms with van der Waals surface area (Å²) in [6.07, 6.45) is -2.67. The zero-order valence-corrected chi connectivity index (χ0v) is 22.3. The van der Waals surface area contributed by atoms with Crippen LogP contribution in [-0.4, -0.2) is 77.9 Å². The summed E-state index contributed by atoms with van der Waals surface area (Å²) in [7, 11) is 2.03. The Morgan fingerprint density at radius 1 is 1.16 bits per heavy atom. The van der Waals surface area contributed by atoms with Gasteiger partial charge in [0.15, 0.2) is 0 Å². The van der Waals surface area contributed by atoms with E-state index in [-0.39, 0.29) is 42.1 Å². The van der Waals surface area contributed by atoms with Crippen molar-refractivity contribution in [2.75, 3.05) is 33.2 Å². The number of benzene rings is 1. The summed E-state index contributed by atoms with van der Waals surface area (Å²) in [4.78, 5) is 45.5. The average Bonchev–Trinajstić information content (AvgIpc) is 3.19. The quantitative estimate of drug-likeness (QED) is 0.560. The summed E-state index contributed by atoms with van der Waals surface area (Å²) in [6, 6.07) is 2.31. The lowest BCUT2D eigenvalue weighted by molar-refractivity contribution is -0.139. The molecule has 0 aromatic heterocycles. The number of urea groups is 1. The normalized spacial score (nSPS) is 22.2. The molecule has 1 saturated heterocycles. The first-order valence-electron chi connectivity index (χ1n) is 13.2. The lowest BCUT2D eigenvalue weighted by Crippen LogP contribution is -2.53. The van der Waals surface area contributed by atoms with Crippen molar-refractivity contribution in [3.8, 4) is 0 Å². The summed E-state index contributed by atoms with van der Waals surface area (Å²) in [5, 5.41) is 5.73. The zero-order valence-electron chi connectivity index (χ0n) is 22.3. The maximum Gasteiger partial charge on any atom is 0.416 e. The lowest BCUT2D eigenvalue weighted by atomic mass is 9.91. The van der Waals surface area contributed by atoms with Crippen molar-refractivity contribution in [3.63, 3.8) is 0 Å². The maximum absolute atomic E-state index is 13.9. The van der Waals surface area contributed by atoms with Gasteiger partial charge in [-0.1, -0.05) is 32.0 Å². The molecule has 38 heavy (non-hydrogen) atoms. The molecule has 208 valence electrons. The highest BCUT2D eigenvalue weighted by Gasteiger charge is 2.48. The van der Waals surface area contributed by atoms with Crippen molar-refractivity contribution in [3.05, 3.63) is 46.7 Å². The Morgan fingerprint density at radius 3 is 2.42 bits per heavy atom. The number of rotatable bonds is 7. The Labute approximate surface area is 221 Å². The van der Waals surface area contributed by atoms with E-state index in [9.17, 15) is 27.6 Å². The molecule has 2 atom stereocenters. The van der Waals surface area contributed by atoms with Crippen LogP contribution in [0.1, 0.15) is 57.2 Å². The Morgan fingerprint density at radius 2 is 1.82 bits per heavy atom. The topological polar surface area (TPSA) is 85.0 Å². The monoisotopic (exact) mass is 535 g/mol. The zero-order chi connectivity index (χ0) is 27.8. The molecule has 0 bridgehead atoms. The van der Waals surface area contributed by atoms with Gasteiger partial charge in [-0.05, 0) is 63.9 Å². The number of halogens is 3. The van der Waals surface area contributed by atoms with Crippen molar-refractivity contribution in [1.82, 2.24) is 25.3 Å². The van der Waals surface area contributed by atoms with E-state index < -0.39 is 35.8 Å². The van der Waals surface area contributed by atoms with Gasteiger partial charge in [-0.15, -0.1) is 0 Å². The molecule has 11 heteroatoms. The predicted molar refractivity (Wildman–Crippen MR) is 136 cm³/mol. The van der Waals surface area contributed by atoms with Crippen LogP contribution in [0.3, 0.4) is 0 Å². The Kier molecular flexibility index (Phi) is 8.06. The molecule has 1 aromatic rings. The second kappa shape index (κ2) is 11.0. The van der Waals surface area contributed by atoms with Gasteiger partial charge in [0.25, 0.3) is 5.91 Å². The van der Waals surface area contributed by atoms with Crippen LogP contribution in [0.2, 0.25) is 0 Å². The first-order chi connectivity index (χ1) is 17.9. The lowest BCUT2D eigenvalue weighted by Gasteiger charge is -2.34. The summed E-state index contributed by atoms with van der Waals surface area (Å²) < 4.78 is 41.7. The number of piperidine rings is 1. The molecule has 3 aliphatic heterocycles. The van der Waals surface area contributed by atoms with Gasteiger partial charge in [-0.25, -0.2) is 4.79 Å². The number of nitrogens with zero attached hydrogens (tertiary/aromatic N) is 3. The van der Waals surface area contributed by atoms with Crippen LogP contribution < -0.4 is 10.6 Å². The van der Waals surface area contributed by atoms with Crippen LogP contribution in [0.25, 0.3) is 0 Å². The van der Waals surface area contributed by atoms with E-state index in [0.717, 1.165) is 32.0 Å². The highest BCUT2D eigenvalue weighted by Crippen LogP contribution is 2.42. The number of amides is 4. The van der Waals surface area contributed by atoms with Gasteiger partial charge < -0.3 is 20.4 Å². The summed E-state index contributed by atoms with van der Waals surface area (Å²) in [5.41, 5.74) is -0.664. The third-order valence-corrected chi connectivity index (χ3v) is 7.58. The van der Waals surface area contributed by atoms with Crippen LogP contribution in [0.15, 0.2) is 35.5 Å². The summed E-state index contributed by atoms with van der Waals surface area (Å²) in [5.74, 6) is -0.710. The van der Waals surface area contributed by atoms with E-state index in [1.807, 2.05) is 20.9 Å². The SMILES string of the molecule is CCN1C(=O)NC(c2ccccc2C(F)(F)F)C2=C1CN(C(CC(C)C)C(=O)NC1CCN(C)CC1)C2=O. The molecule has 3 heterocycles. The van der Waals surface area contributed by atoms with Crippen molar-refractivity contribution in [2.24, 2.45) is 5.92 Å². The molecule has 0 saturated carbocycles. The molecule has 0 aliphatic carbocycles. The average molecular weight is 536 g/mol. The fourth-order valence-electron chi connectivity index (χ4n) is 5.61. The van der Waals surface area contributed by atoms with E-state index in [1.54, 1.807) is 6.92 Å². The standard InChI is InChI=1S/C27H36F3N5O3/c1-5-34-21-15-35(20(14-16(2)3)24(36)31-17-10-12-33(4)13-11-17)25(37)22(21)23(32-26(34)38)18-8-6-7-9-19(18)27(28,29)30/h6-9,16-17,20,23H,5,10-15H2,1-4H3,(H,31,36)(H,32,38). The Hall–Kier alpha value is -3.08. The van der Waals surface area contributed by atoms with Gasteiger partial charge in [-0.2, -0.15) is 13.2 Å². The van der Waals surface area contributed by atoms with Gasteiger partial charge in [-0.3, -0.25) is 14.5 Å². The van der Waals surface area contributed by atoms with E-state index in [1.165, 1.54) is 28.0 Å². The number of alkyl halides is 3. The highest BCUT2D eigenvalue weighted by atomic mass is 19.4. The second-order valence-corrected chi connectivity index (χ2v) is 10.7. The largest absolute Gasteiger partial charge is 0.416 e. The summed E-state index contributed by atoms with van der Waals surface area (Å²) in [6.45, 7) is 7.58. The van der Waals surface area contributed by atoms with E-state index in [0.29, 0.717) is 12.1 Å². The number of carbonyl (C=O) groups is 3. The van der Waals surface area contributed by atoms with E-state index in [4.69, 9.17) is 0 Å². The van der Waals surface area contributed by atoms with Gasteiger partial charge in [0.2, 0.25) is 5.91 Å². The van der Waals surface area contributed by atoms with Gasteiger partial charge in [0, 0.05) is 12.6 Å². The molecule has 0 spiro atoms. The smallest absolute Gasteiger partial charge is 0.351 e. The van der Waals surface area contributed by atoms with Gasteiger partial charge in [0.05, 0.1) is 29.4 Å².